The average Bonchev–Trinajstić information content (AvgIpc) is 2.28. The molecule has 1 N–H and O–H groups in total. The van der Waals surface area contributed by atoms with Gasteiger partial charge < -0.3 is 0 Å². The van der Waals surface area contributed by atoms with Crippen LogP contribution in [-0.2, 0) is 6.54 Å². The van der Waals surface area contributed by atoms with Crippen molar-refractivity contribution in [3.05, 3.63) is 53.0 Å². The lowest BCUT2D eigenvalue weighted by Gasteiger charge is -1.98. The molecule has 0 aliphatic rings. The van der Waals surface area contributed by atoms with Crippen LogP contribution in [0.1, 0.15) is 5.56 Å². The van der Waals surface area contributed by atoms with Crippen molar-refractivity contribution in [3.63, 3.8) is 0 Å². The summed E-state index contributed by atoms with van der Waals surface area (Å²) in [4.78, 5) is 12.4. The smallest absolute Gasteiger partial charge is 0.227 e. The molecule has 5 nitrogen and oxygen atoms in total. The molecule has 82 valence electrons. The normalized spacial score (nSPS) is 8.60. The Balaban J connectivity index is 0.000000336. The fourth-order valence-electron chi connectivity index (χ4n) is 0.658. The van der Waals surface area contributed by atoms with Gasteiger partial charge in [-0.3, -0.25) is 19.8 Å². The second-order valence-corrected chi connectivity index (χ2v) is 3.05. The number of hydrogen-bond acceptors (Lipinski definition) is 5. The Bertz CT molecular complexity index is 293. The van der Waals surface area contributed by atoms with Crippen LogP contribution in [0, 0.1) is 10.1 Å². The highest BCUT2D eigenvalue weighted by atomic mass is 32.2. The van der Waals surface area contributed by atoms with Crippen LogP contribution in [0.25, 0.3) is 0 Å². The second kappa shape index (κ2) is 9.17. The van der Waals surface area contributed by atoms with Crippen molar-refractivity contribution in [3.8, 4) is 0 Å². The molecule has 0 amide bonds. The monoisotopic (exact) mass is 227 g/mol. The third-order valence-electron chi connectivity index (χ3n) is 1.29. The van der Waals surface area contributed by atoms with Gasteiger partial charge >= 0.3 is 0 Å². The zero-order chi connectivity index (χ0) is 11.5. The van der Waals surface area contributed by atoms with Crippen LogP contribution in [0.5, 0.6) is 0 Å². The van der Waals surface area contributed by atoms with Crippen LogP contribution in [0.4, 0.5) is 0 Å². The van der Waals surface area contributed by atoms with Crippen molar-refractivity contribution in [2.75, 3.05) is 6.26 Å². The first-order valence-electron chi connectivity index (χ1n) is 4.11. The Morgan fingerprint density at radius 2 is 2.47 bits per heavy atom. The zero-order valence-corrected chi connectivity index (χ0v) is 9.24. The zero-order valence-electron chi connectivity index (χ0n) is 8.42. The van der Waals surface area contributed by atoms with Crippen molar-refractivity contribution in [1.29, 1.82) is 0 Å². The van der Waals surface area contributed by atoms with Crippen molar-refractivity contribution in [2.45, 2.75) is 6.54 Å². The molecule has 0 spiro atoms. The standard InChI is InChI=1S/C7H10N2S.C2H3NO2/c1-10-9-6-7-3-2-4-8-5-7;1-2-3(4)5/h2-5,9H,6H2,1H3;2H,1H2. The minimum atomic E-state index is -0.611. The van der Waals surface area contributed by atoms with Crippen LogP contribution in [0.3, 0.4) is 0 Å². The van der Waals surface area contributed by atoms with Gasteiger partial charge in [-0.25, -0.2) is 0 Å². The first-order chi connectivity index (χ1) is 7.20. The maximum Gasteiger partial charge on any atom is 0.227 e. The van der Waals surface area contributed by atoms with E-state index in [-0.39, 0.29) is 0 Å². The van der Waals surface area contributed by atoms with Crippen LogP contribution in [-0.4, -0.2) is 16.2 Å². The quantitative estimate of drug-likeness (QED) is 0.483. The molecule has 0 fully saturated rings. The summed E-state index contributed by atoms with van der Waals surface area (Å²) in [5.41, 5.74) is 1.22. The summed E-state index contributed by atoms with van der Waals surface area (Å²) < 4.78 is 3.14. The molecule has 1 heterocycles. The fraction of sp³-hybridized carbons (Fsp3) is 0.222. The van der Waals surface area contributed by atoms with Gasteiger partial charge in [-0.2, -0.15) is 0 Å². The lowest BCUT2D eigenvalue weighted by Crippen LogP contribution is -2.01. The average molecular weight is 227 g/mol. The van der Waals surface area contributed by atoms with E-state index in [1.54, 1.807) is 18.1 Å². The van der Waals surface area contributed by atoms with Crippen LogP contribution in [0.15, 0.2) is 37.3 Å². The van der Waals surface area contributed by atoms with E-state index in [4.69, 9.17) is 10.1 Å². The Labute approximate surface area is 92.9 Å². The lowest BCUT2D eigenvalue weighted by atomic mass is 10.3. The third-order valence-corrected chi connectivity index (χ3v) is 1.73. The van der Waals surface area contributed by atoms with E-state index >= 15 is 0 Å². The van der Waals surface area contributed by atoms with Crippen molar-refractivity contribution in [2.24, 2.45) is 0 Å². The van der Waals surface area contributed by atoms with Gasteiger partial charge in [0.2, 0.25) is 6.20 Å². The molecule has 0 unspecified atom stereocenters. The minimum absolute atomic E-state index is 0.611. The van der Waals surface area contributed by atoms with E-state index in [0.29, 0.717) is 6.20 Å². The van der Waals surface area contributed by atoms with Gasteiger partial charge in [-0.05, 0) is 24.5 Å². The topological polar surface area (TPSA) is 68.1 Å². The Hall–Kier alpha value is -1.40. The molecule has 1 aromatic heterocycles. The van der Waals surface area contributed by atoms with Gasteiger partial charge in [-0.1, -0.05) is 18.0 Å². The molecular formula is C9H13N3O2S. The van der Waals surface area contributed by atoms with E-state index in [0.717, 1.165) is 6.54 Å². The first kappa shape index (κ1) is 13.6. The molecule has 0 aromatic carbocycles. The lowest BCUT2D eigenvalue weighted by molar-refractivity contribution is -0.401. The molecule has 0 atom stereocenters. The molecule has 0 aliphatic carbocycles. The predicted molar refractivity (Wildman–Crippen MR) is 61.8 cm³/mol. The summed E-state index contributed by atoms with van der Waals surface area (Å²) in [7, 11) is 0. The highest BCUT2D eigenvalue weighted by molar-refractivity contribution is 7.96. The molecule has 1 rings (SSSR count). The summed E-state index contributed by atoms with van der Waals surface area (Å²) >= 11 is 1.62. The molecule has 0 saturated carbocycles. The maximum absolute atomic E-state index is 9.06. The summed E-state index contributed by atoms with van der Waals surface area (Å²) in [6, 6.07) is 3.99. The summed E-state index contributed by atoms with van der Waals surface area (Å²) in [6.07, 6.45) is 6.29. The molecule has 0 saturated heterocycles. The Morgan fingerprint density at radius 1 is 1.80 bits per heavy atom. The van der Waals surface area contributed by atoms with Crippen LogP contribution < -0.4 is 4.72 Å². The number of nitrogens with zero attached hydrogens (tertiary/aromatic N) is 2. The van der Waals surface area contributed by atoms with Gasteiger partial charge in [0.15, 0.2) is 0 Å². The van der Waals surface area contributed by atoms with E-state index in [2.05, 4.69) is 22.4 Å². The molecular weight excluding hydrogens is 214 g/mol. The van der Waals surface area contributed by atoms with E-state index in [1.807, 2.05) is 18.5 Å². The van der Waals surface area contributed by atoms with Gasteiger partial charge in [0.1, 0.15) is 0 Å². The highest BCUT2D eigenvalue weighted by Gasteiger charge is 1.87. The minimum Gasteiger partial charge on any atom is -0.264 e. The SMILES string of the molecule is C=C[N+](=O)[O-].CSNCc1cccnc1. The molecule has 0 bridgehead atoms. The van der Waals surface area contributed by atoms with Gasteiger partial charge in [0, 0.05) is 18.9 Å². The molecule has 15 heavy (non-hydrogen) atoms. The number of hydrogen-bond donors (Lipinski definition) is 1. The van der Waals surface area contributed by atoms with E-state index < -0.39 is 4.92 Å². The van der Waals surface area contributed by atoms with Crippen LogP contribution >= 0.6 is 11.9 Å². The predicted octanol–water partition coefficient (Wildman–Crippen LogP) is 1.86. The molecule has 1 aromatic rings. The van der Waals surface area contributed by atoms with Crippen molar-refractivity contribution < 1.29 is 4.92 Å². The fourth-order valence-corrected chi connectivity index (χ4v) is 0.969. The number of aromatic nitrogens is 1. The van der Waals surface area contributed by atoms with Gasteiger partial charge in [-0.15, -0.1) is 0 Å². The number of pyridine rings is 1. The summed E-state index contributed by atoms with van der Waals surface area (Å²) in [5, 5.41) is 9.06. The number of rotatable bonds is 4. The van der Waals surface area contributed by atoms with E-state index in [9.17, 15) is 0 Å². The Morgan fingerprint density at radius 3 is 2.87 bits per heavy atom. The first-order valence-corrected chi connectivity index (χ1v) is 5.34. The number of nitro groups is 1. The Kier molecular flexibility index (Phi) is 8.31. The molecule has 0 aliphatic heterocycles. The van der Waals surface area contributed by atoms with Crippen LogP contribution in [0.2, 0.25) is 0 Å². The number of nitrogens with one attached hydrogen (secondary N) is 1. The maximum atomic E-state index is 9.06. The summed E-state index contributed by atoms with van der Waals surface area (Å²) in [5.74, 6) is 0. The second-order valence-electron chi connectivity index (χ2n) is 2.35. The largest absolute Gasteiger partial charge is 0.264 e. The highest BCUT2D eigenvalue weighted by Crippen LogP contribution is 1.96. The van der Waals surface area contributed by atoms with E-state index in [1.165, 1.54) is 5.56 Å². The van der Waals surface area contributed by atoms with Crippen molar-refractivity contribution >= 4 is 11.9 Å². The molecule has 0 radical (unpaired) electrons. The van der Waals surface area contributed by atoms with Gasteiger partial charge in [0.05, 0.1) is 4.92 Å². The summed E-state index contributed by atoms with van der Waals surface area (Å²) in [6.45, 7) is 3.75. The van der Waals surface area contributed by atoms with Crippen molar-refractivity contribution in [1.82, 2.24) is 9.71 Å². The molecule has 6 heteroatoms. The third kappa shape index (κ3) is 8.92. The van der Waals surface area contributed by atoms with Gasteiger partial charge in [0.25, 0.3) is 0 Å².